The van der Waals surface area contributed by atoms with E-state index >= 15 is 0 Å². The number of aromatic amines is 2. The predicted octanol–water partition coefficient (Wildman–Crippen LogP) is 4.52. The summed E-state index contributed by atoms with van der Waals surface area (Å²) < 4.78 is 0. The number of rotatable bonds is 2. The number of hydrogen-bond acceptors (Lipinski definition) is 2. The topological polar surface area (TPSA) is 57.4 Å². The van der Waals surface area contributed by atoms with Crippen LogP contribution in [0.2, 0.25) is 0 Å². The van der Waals surface area contributed by atoms with Crippen molar-refractivity contribution in [2.45, 2.75) is 33.1 Å². The van der Waals surface area contributed by atoms with Crippen LogP contribution < -0.4 is 0 Å². The van der Waals surface area contributed by atoms with Crippen LogP contribution in [0, 0.1) is 11.8 Å². The number of benzene rings is 2. The van der Waals surface area contributed by atoms with E-state index in [1.165, 1.54) is 5.39 Å². The van der Waals surface area contributed by atoms with E-state index in [4.69, 9.17) is 0 Å². The molecule has 0 aliphatic rings. The van der Waals surface area contributed by atoms with Crippen LogP contribution in [0.15, 0.2) is 36.5 Å². The smallest absolute Gasteiger partial charge is 0.110 e. The Hall–Kier alpha value is -3.06. The Balaban J connectivity index is 1.70. The zero-order valence-corrected chi connectivity index (χ0v) is 14.6. The molecule has 25 heavy (non-hydrogen) atoms. The second-order valence-corrected chi connectivity index (χ2v) is 6.56. The maximum Gasteiger partial charge on any atom is 0.110 e. The van der Waals surface area contributed by atoms with Crippen molar-refractivity contribution in [2.75, 3.05) is 0 Å². The normalized spacial score (nSPS) is 11.2. The van der Waals surface area contributed by atoms with E-state index in [1.807, 2.05) is 6.07 Å². The first-order chi connectivity index (χ1) is 12.1. The highest BCUT2D eigenvalue weighted by Gasteiger charge is 2.04. The summed E-state index contributed by atoms with van der Waals surface area (Å²) >= 11 is 0. The second-order valence-electron chi connectivity index (χ2n) is 6.56. The van der Waals surface area contributed by atoms with Gasteiger partial charge in [-0.1, -0.05) is 32.8 Å². The molecule has 124 valence electrons. The molecule has 2 aromatic carbocycles. The van der Waals surface area contributed by atoms with Crippen molar-refractivity contribution in [1.82, 2.24) is 19.9 Å². The van der Waals surface area contributed by atoms with E-state index in [0.29, 0.717) is 5.92 Å². The lowest BCUT2D eigenvalue weighted by Gasteiger charge is -1.99. The van der Waals surface area contributed by atoms with E-state index in [-0.39, 0.29) is 0 Å². The van der Waals surface area contributed by atoms with Crippen molar-refractivity contribution in [3.05, 3.63) is 59.4 Å². The minimum atomic E-state index is 0.376. The molecule has 0 saturated carbocycles. The summed E-state index contributed by atoms with van der Waals surface area (Å²) in [6.07, 6.45) is 2.70. The van der Waals surface area contributed by atoms with Crippen molar-refractivity contribution in [1.29, 1.82) is 0 Å². The third kappa shape index (κ3) is 3.01. The highest BCUT2D eigenvalue weighted by molar-refractivity contribution is 5.95. The summed E-state index contributed by atoms with van der Waals surface area (Å²) in [5.41, 5.74) is 3.93. The lowest BCUT2D eigenvalue weighted by molar-refractivity contribution is 0.793. The van der Waals surface area contributed by atoms with Gasteiger partial charge in [0.05, 0.1) is 17.2 Å². The Morgan fingerprint density at radius 2 is 1.92 bits per heavy atom. The largest absolute Gasteiger partial charge is 0.342 e. The number of hydrogen-bond donors (Lipinski definition) is 2. The summed E-state index contributed by atoms with van der Waals surface area (Å²) in [5, 5.41) is 2.34. The Labute approximate surface area is 146 Å². The van der Waals surface area contributed by atoms with Gasteiger partial charge in [0.15, 0.2) is 0 Å². The van der Waals surface area contributed by atoms with E-state index in [0.717, 1.165) is 45.7 Å². The van der Waals surface area contributed by atoms with Crippen LogP contribution in [-0.2, 0) is 6.42 Å². The van der Waals surface area contributed by atoms with Crippen LogP contribution in [-0.4, -0.2) is 19.9 Å². The van der Waals surface area contributed by atoms with Gasteiger partial charge in [0.2, 0.25) is 0 Å². The van der Waals surface area contributed by atoms with Gasteiger partial charge in [-0.3, -0.25) is 0 Å². The molecule has 0 aliphatic carbocycles. The van der Waals surface area contributed by atoms with Crippen LogP contribution in [0.25, 0.3) is 21.8 Å². The molecule has 0 fully saturated rings. The van der Waals surface area contributed by atoms with Crippen molar-refractivity contribution < 1.29 is 0 Å². The van der Waals surface area contributed by atoms with Crippen LogP contribution >= 0.6 is 0 Å². The van der Waals surface area contributed by atoms with Crippen LogP contribution in [0.3, 0.4) is 0 Å². The minimum Gasteiger partial charge on any atom is -0.342 e. The van der Waals surface area contributed by atoms with Gasteiger partial charge in [-0.2, -0.15) is 0 Å². The monoisotopic (exact) mass is 328 g/mol. The molecule has 4 heteroatoms. The zero-order valence-electron chi connectivity index (χ0n) is 14.6. The van der Waals surface area contributed by atoms with E-state index in [1.54, 1.807) is 6.20 Å². The van der Waals surface area contributed by atoms with Crippen molar-refractivity contribution in [3.63, 3.8) is 0 Å². The van der Waals surface area contributed by atoms with E-state index < -0.39 is 0 Å². The van der Waals surface area contributed by atoms with Gasteiger partial charge in [-0.25, -0.2) is 9.97 Å². The lowest BCUT2D eigenvalue weighted by atomic mass is 10.1. The van der Waals surface area contributed by atoms with Gasteiger partial charge in [0.1, 0.15) is 17.3 Å². The van der Waals surface area contributed by atoms with Crippen LogP contribution in [0.1, 0.15) is 49.6 Å². The van der Waals surface area contributed by atoms with Gasteiger partial charge in [0.25, 0.3) is 0 Å². The van der Waals surface area contributed by atoms with Gasteiger partial charge in [-0.05, 0) is 41.0 Å². The second kappa shape index (κ2) is 6.10. The first-order valence-electron chi connectivity index (χ1n) is 8.61. The van der Waals surface area contributed by atoms with Gasteiger partial charge < -0.3 is 9.97 Å². The van der Waals surface area contributed by atoms with Crippen molar-refractivity contribution in [3.8, 4) is 11.8 Å². The molecule has 0 radical (unpaired) electrons. The number of aromatic nitrogens is 4. The van der Waals surface area contributed by atoms with Gasteiger partial charge >= 0.3 is 0 Å². The van der Waals surface area contributed by atoms with Crippen molar-refractivity contribution >= 4 is 21.8 Å². The maximum absolute atomic E-state index is 4.60. The number of fused-ring (bicyclic) bond motifs is 2. The molecule has 0 bridgehead atoms. The molecule has 4 nitrogen and oxygen atoms in total. The Bertz CT molecular complexity index is 1120. The summed E-state index contributed by atoms with van der Waals surface area (Å²) in [6, 6.07) is 10.5. The zero-order chi connectivity index (χ0) is 17.4. The SMILES string of the molecule is CCc1nc2cc3ccc(C#Cc4cnc(C(C)C)[nH]4)cc3cc2[nH]1. The van der Waals surface area contributed by atoms with E-state index in [9.17, 15) is 0 Å². The van der Waals surface area contributed by atoms with Crippen LogP contribution in [0.5, 0.6) is 0 Å². The number of imidazole rings is 2. The molecular formula is C21H20N4. The number of H-pyrrole nitrogens is 2. The lowest BCUT2D eigenvalue weighted by Crippen LogP contribution is -1.89. The van der Waals surface area contributed by atoms with Crippen molar-refractivity contribution in [2.24, 2.45) is 0 Å². The minimum absolute atomic E-state index is 0.376. The fraction of sp³-hybridized carbons (Fsp3) is 0.238. The maximum atomic E-state index is 4.60. The molecule has 2 heterocycles. The quantitative estimate of drug-likeness (QED) is 0.531. The highest BCUT2D eigenvalue weighted by Crippen LogP contribution is 2.22. The molecule has 4 aromatic rings. The van der Waals surface area contributed by atoms with Gasteiger partial charge in [0, 0.05) is 17.9 Å². The molecule has 0 saturated heterocycles. The molecule has 0 amide bonds. The fourth-order valence-electron chi connectivity index (χ4n) is 2.89. The molecule has 0 aliphatic heterocycles. The molecule has 2 N–H and O–H groups in total. The summed E-state index contributed by atoms with van der Waals surface area (Å²) in [4.78, 5) is 15.6. The summed E-state index contributed by atoms with van der Waals surface area (Å²) in [6.45, 7) is 6.32. The number of nitrogens with zero attached hydrogens (tertiary/aromatic N) is 2. The Morgan fingerprint density at radius 1 is 1.04 bits per heavy atom. The number of aryl methyl sites for hydroxylation is 1. The Morgan fingerprint density at radius 3 is 2.68 bits per heavy atom. The standard InChI is InChI=1S/C21H20N4/c1-4-20-24-18-10-15-7-5-14(9-16(15)11-19(18)25-20)6-8-17-12-22-21(23-17)13(2)3/h5,7,9-13H,4H2,1-3H3,(H,22,23)(H,24,25). The Kier molecular flexibility index (Phi) is 3.77. The predicted molar refractivity (Wildman–Crippen MR) is 102 cm³/mol. The molecule has 0 unspecified atom stereocenters. The highest BCUT2D eigenvalue weighted by atomic mass is 14.9. The summed E-state index contributed by atoms with van der Waals surface area (Å²) in [5.74, 6) is 8.75. The molecule has 4 rings (SSSR count). The fourth-order valence-corrected chi connectivity index (χ4v) is 2.89. The summed E-state index contributed by atoms with van der Waals surface area (Å²) in [7, 11) is 0. The first kappa shape index (κ1) is 15.5. The van der Waals surface area contributed by atoms with E-state index in [2.05, 4.69) is 76.8 Å². The first-order valence-corrected chi connectivity index (χ1v) is 8.61. The third-order valence-electron chi connectivity index (χ3n) is 4.31. The molecule has 0 spiro atoms. The molecule has 2 aromatic heterocycles. The molecular weight excluding hydrogens is 308 g/mol. The number of nitrogens with one attached hydrogen (secondary N) is 2. The third-order valence-corrected chi connectivity index (χ3v) is 4.31. The van der Waals surface area contributed by atoms with Crippen LogP contribution in [0.4, 0.5) is 0 Å². The average Bonchev–Trinajstić information content (AvgIpc) is 3.24. The molecule has 0 atom stereocenters. The van der Waals surface area contributed by atoms with Gasteiger partial charge in [-0.15, -0.1) is 0 Å². The average molecular weight is 328 g/mol.